The Hall–Kier alpha value is -2.36. The standard InChI is InChI=1S/C16H24F3N5O2/c1-2-21-15(25)24-12(6-7-16(17,18)19)5-3-4-10-26-11-13(20)14-22-8-9-23-14/h3,5,8-9,12,20H,2,4,6-7,10-11H2,1H3,(H,22,23)(H2,21,24,25)/b5-3-,20-13?. The Bertz CT molecular complexity index is 573. The number of aromatic nitrogens is 2. The number of carbonyl (C=O) groups excluding carboxylic acids is 1. The van der Waals surface area contributed by atoms with Crippen LogP contribution in [0, 0.1) is 5.41 Å². The number of nitrogens with zero attached hydrogens (tertiary/aromatic N) is 1. The van der Waals surface area contributed by atoms with Crippen molar-refractivity contribution in [1.82, 2.24) is 20.6 Å². The first-order valence-corrected chi connectivity index (χ1v) is 8.24. The van der Waals surface area contributed by atoms with Crippen molar-refractivity contribution in [3.63, 3.8) is 0 Å². The second kappa shape index (κ2) is 11.3. The van der Waals surface area contributed by atoms with Crippen LogP contribution in [0.4, 0.5) is 18.0 Å². The first kappa shape index (κ1) is 21.7. The number of hydrogen-bond donors (Lipinski definition) is 4. The summed E-state index contributed by atoms with van der Waals surface area (Å²) in [5.41, 5.74) is 0.208. The van der Waals surface area contributed by atoms with Crippen molar-refractivity contribution in [3.05, 3.63) is 30.4 Å². The molecule has 1 atom stereocenters. The Kier molecular flexibility index (Phi) is 9.42. The zero-order chi connectivity index (χ0) is 19.4. The number of alkyl halides is 3. The molecule has 146 valence electrons. The molecule has 2 amide bonds. The molecule has 0 aliphatic heterocycles. The molecule has 1 aromatic heterocycles. The van der Waals surface area contributed by atoms with Gasteiger partial charge >= 0.3 is 12.2 Å². The third kappa shape index (κ3) is 9.82. The summed E-state index contributed by atoms with van der Waals surface area (Å²) in [6.07, 6.45) is 1.29. The van der Waals surface area contributed by atoms with E-state index in [9.17, 15) is 18.0 Å². The maximum Gasteiger partial charge on any atom is 0.389 e. The summed E-state index contributed by atoms with van der Waals surface area (Å²) in [6.45, 7) is 2.48. The first-order valence-electron chi connectivity index (χ1n) is 8.24. The molecular weight excluding hydrogens is 351 g/mol. The quantitative estimate of drug-likeness (QED) is 0.272. The van der Waals surface area contributed by atoms with Gasteiger partial charge in [0.05, 0.1) is 18.9 Å². The number of imidazole rings is 1. The van der Waals surface area contributed by atoms with Crippen molar-refractivity contribution < 1.29 is 22.7 Å². The highest BCUT2D eigenvalue weighted by atomic mass is 19.4. The molecule has 1 heterocycles. The van der Waals surface area contributed by atoms with Gasteiger partial charge in [-0.15, -0.1) is 0 Å². The van der Waals surface area contributed by atoms with Crippen molar-refractivity contribution in [2.75, 3.05) is 19.8 Å². The number of urea groups is 1. The molecular formula is C16H24F3N5O2. The number of H-pyrrole nitrogens is 1. The van der Waals surface area contributed by atoms with E-state index < -0.39 is 24.7 Å². The van der Waals surface area contributed by atoms with Gasteiger partial charge < -0.3 is 20.4 Å². The van der Waals surface area contributed by atoms with Gasteiger partial charge in [0.25, 0.3) is 0 Å². The fourth-order valence-electron chi connectivity index (χ4n) is 2.00. The highest BCUT2D eigenvalue weighted by molar-refractivity contribution is 5.95. The zero-order valence-corrected chi connectivity index (χ0v) is 14.5. The van der Waals surface area contributed by atoms with Crippen molar-refractivity contribution in [2.45, 2.75) is 38.4 Å². The second-order valence-corrected chi connectivity index (χ2v) is 5.45. The zero-order valence-electron chi connectivity index (χ0n) is 14.5. The van der Waals surface area contributed by atoms with E-state index in [0.717, 1.165) is 0 Å². The van der Waals surface area contributed by atoms with Gasteiger partial charge in [-0.2, -0.15) is 13.2 Å². The van der Waals surface area contributed by atoms with Gasteiger partial charge in [0, 0.05) is 31.4 Å². The lowest BCUT2D eigenvalue weighted by atomic mass is 10.1. The molecule has 0 radical (unpaired) electrons. The largest absolute Gasteiger partial charge is 0.389 e. The summed E-state index contributed by atoms with van der Waals surface area (Å²) in [7, 11) is 0. The molecule has 0 bridgehead atoms. The van der Waals surface area contributed by atoms with Crippen LogP contribution in [0.2, 0.25) is 0 Å². The molecule has 4 N–H and O–H groups in total. The Labute approximate surface area is 149 Å². The van der Waals surface area contributed by atoms with Crippen LogP contribution in [0.5, 0.6) is 0 Å². The van der Waals surface area contributed by atoms with E-state index in [1.54, 1.807) is 19.2 Å². The third-order valence-electron chi connectivity index (χ3n) is 3.22. The molecule has 26 heavy (non-hydrogen) atoms. The van der Waals surface area contributed by atoms with Crippen LogP contribution in [0.15, 0.2) is 24.5 Å². The monoisotopic (exact) mass is 375 g/mol. The summed E-state index contributed by atoms with van der Waals surface area (Å²) in [5, 5.41) is 12.7. The number of hydrogen-bond acceptors (Lipinski definition) is 4. The van der Waals surface area contributed by atoms with Crippen LogP contribution >= 0.6 is 0 Å². The van der Waals surface area contributed by atoms with Gasteiger partial charge in [-0.05, 0) is 19.8 Å². The van der Waals surface area contributed by atoms with Crippen LogP contribution in [0.25, 0.3) is 0 Å². The lowest BCUT2D eigenvalue weighted by molar-refractivity contribution is -0.136. The van der Waals surface area contributed by atoms with Crippen molar-refractivity contribution in [1.29, 1.82) is 5.41 Å². The number of carbonyl (C=O) groups is 1. The Morgan fingerprint density at radius 2 is 2.27 bits per heavy atom. The fraction of sp³-hybridized carbons (Fsp3) is 0.562. The van der Waals surface area contributed by atoms with Crippen molar-refractivity contribution >= 4 is 11.7 Å². The molecule has 7 nitrogen and oxygen atoms in total. The van der Waals surface area contributed by atoms with Gasteiger partial charge in [0.15, 0.2) is 5.82 Å². The fourth-order valence-corrected chi connectivity index (χ4v) is 2.00. The van der Waals surface area contributed by atoms with Gasteiger partial charge in [0.1, 0.15) is 0 Å². The highest BCUT2D eigenvalue weighted by Gasteiger charge is 2.28. The number of rotatable bonds is 11. The van der Waals surface area contributed by atoms with Gasteiger partial charge in [-0.3, -0.25) is 5.41 Å². The molecule has 0 spiro atoms. The predicted octanol–water partition coefficient (Wildman–Crippen LogP) is 2.77. The molecule has 10 heteroatoms. The summed E-state index contributed by atoms with van der Waals surface area (Å²) >= 11 is 0. The lowest BCUT2D eigenvalue weighted by Crippen LogP contribution is -2.41. The number of halogens is 3. The molecule has 0 saturated heterocycles. The maximum absolute atomic E-state index is 12.4. The summed E-state index contributed by atoms with van der Waals surface area (Å²) in [6, 6.07) is -1.22. The van der Waals surface area contributed by atoms with Crippen LogP contribution in [0.1, 0.15) is 32.0 Å². The van der Waals surface area contributed by atoms with Crippen molar-refractivity contribution in [3.8, 4) is 0 Å². The molecule has 1 unspecified atom stereocenters. The highest BCUT2D eigenvalue weighted by Crippen LogP contribution is 2.22. The minimum atomic E-state index is -4.27. The van der Waals surface area contributed by atoms with Crippen LogP contribution < -0.4 is 10.6 Å². The normalized spacial score (nSPS) is 12.9. The SMILES string of the molecule is CCNC(=O)NC(/C=C\CCOCC(=N)c1ncc[nH]1)CCC(F)(F)F. The van der Waals surface area contributed by atoms with E-state index in [0.29, 0.717) is 25.4 Å². The maximum atomic E-state index is 12.4. The second-order valence-electron chi connectivity index (χ2n) is 5.45. The molecule has 0 aliphatic rings. The van der Waals surface area contributed by atoms with Crippen LogP contribution in [-0.4, -0.2) is 53.7 Å². The Morgan fingerprint density at radius 3 is 2.88 bits per heavy atom. The van der Waals surface area contributed by atoms with Gasteiger partial charge in [-0.25, -0.2) is 9.78 Å². The van der Waals surface area contributed by atoms with E-state index in [-0.39, 0.29) is 18.7 Å². The average molecular weight is 375 g/mol. The molecule has 1 aromatic rings. The number of aromatic amines is 1. The van der Waals surface area contributed by atoms with E-state index in [4.69, 9.17) is 10.1 Å². The van der Waals surface area contributed by atoms with Crippen LogP contribution in [-0.2, 0) is 4.74 Å². The van der Waals surface area contributed by atoms with Crippen molar-refractivity contribution in [2.24, 2.45) is 0 Å². The summed E-state index contributed by atoms with van der Waals surface area (Å²) in [4.78, 5) is 18.2. The topological polar surface area (TPSA) is 103 Å². The predicted molar refractivity (Wildman–Crippen MR) is 91.3 cm³/mol. The molecule has 0 aliphatic carbocycles. The molecule has 0 saturated carbocycles. The Morgan fingerprint density at radius 1 is 1.50 bits per heavy atom. The summed E-state index contributed by atoms with van der Waals surface area (Å²) in [5.74, 6) is 0.430. The van der Waals surface area contributed by atoms with Crippen LogP contribution in [0.3, 0.4) is 0 Å². The van der Waals surface area contributed by atoms with E-state index in [1.807, 2.05) is 0 Å². The minimum absolute atomic E-state index is 0.0794. The van der Waals surface area contributed by atoms with Gasteiger partial charge in [-0.1, -0.05) is 12.2 Å². The van der Waals surface area contributed by atoms with E-state index in [2.05, 4.69) is 20.6 Å². The first-order chi connectivity index (χ1) is 12.3. The van der Waals surface area contributed by atoms with E-state index in [1.165, 1.54) is 12.3 Å². The smallest absolute Gasteiger partial charge is 0.375 e. The third-order valence-corrected chi connectivity index (χ3v) is 3.22. The number of ether oxygens (including phenoxy) is 1. The number of nitrogens with one attached hydrogen (secondary N) is 4. The molecule has 0 aromatic carbocycles. The lowest BCUT2D eigenvalue weighted by Gasteiger charge is -2.16. The minimum Gasteiger partial charge on any atom is -0.375 e. The van der Waals surface area contributed by atoms with Gasteiger partial charge in [0.2, 0.25) is 0 Å². The number of amides is 2. The molecule has 0 fully saturated rings. The average Bonchev–Trinajstić information content (AvgIpc) is 3.09. The Balaban J connectivity index is 2.34. The molecule has 1 rings (SSSR count). The summed E-state index contributed by atoms with van der Waals surface area (Å²) < 4.78 is 42.5. The van der Waals surface area contributed by atoms with E-state index >= 15 is 0 Å².